The van der Waals surface area contributed by atoms with Crippen LogP contribution in [0.1, 0.15) is 37.8 Å². The van der Waals surface area contributed by atoms with Gasteiger partial charge in [-0.2, -0.15) is 0 Å². The number of ether oxygens (including phenoxy) is 2. The van der Waals surface area contributed by atoms with Crippen LogP contribution in [0.4, 0.5) is 5.69 Å². The van der Waals surface area contributed by atoms with Crippen molar-refractivity contribution >= 4 is 17.2 Å². The molecule has 1 N–H and O–H groups in total. The van der Waals surface area contributed by atoms with Crippen LogP contribution in [-0.4, -0.2) is 29.6 Å². The van der Waals surface area contributed by atoms with E-state index in [1.165, 1.54) is 0 Å². The van der Waals surface area contributed by atoms with Crippen LogP contribution in [-0.2, 0) is 4.74 Å². The summed E-state index contributed by atoms with van der Waals surface area (Å²) >= 11 is 0. The molecule has 4 rings (SSSR count). The number of hydrogen-bond acceptors (Lipinski definition) is 4. The van der Waals surface area contributed by atoms with Gasteiger partial charge in [-0.05, 0) is 51.0 Å². The van der Waals surface area contributed by atoms with Crippen molar-refractivity contribution in [2.24, 2.45) is 4.99 Å². The Labute approximate surface area is 165 Å². The third-order valence-electron chi connectivity index (χ3n) is 5.14. The van der Waals surface area contributed by atoms with Crippen LogP contribution in [0.25, 0.3) is 5.76 Å². The van der Waals surface area contributed by atoms with Crippen LogP contribution in [0, 0.1) is 0 Å². The summed E-state index contributed by atoms with van der Waals surface area (Å²) in [6.45, 7) is 8.90. The van der Waals surface area contributed by atoms with E-state index in [1.807, 2.05) is 36.4 Å². The van der Waals surface area contributed by atoms with Gasteiger partial charge in [0.25, 0.3) is 0 Å². The molecule has 0 unspecified atom stereocenters. The number of aliphatic hydroxyl groups is 1. The molecule has 0 bridgehead atoms. The molecule has 4 heteroatoms. The van der Waals surface area contributed by atoms with Crippen molar-refractivity contribution in [2.75, 3.05) is 13.2 Å². The maximum Gasteiger partial charge on any atom is 0.131 e. The van der Waals surface area contributed by atoms with E-state index in [2.05, 4.69) is 32.6 Å². The van der Waals surface area contributed by atoms with E-state index >= 15 is 0 Å². The average molecular weight is 375 g/mol. The first-order valence-corrected chi connectivity index (χ1v) is 9.62. The highest BCUT2D eigenvalue weighted by Gasteiger charge is 2.35. The first kappa shape index (κ1) is 18.5. The molecular weight excluding hydrogens is 350 g/mol. The lowest BCUT2D eigenvalue weighted by Crippen LogP contribution is -2.31. The molecule has 0 aromatic heterocycles. The Hall–Kier alpha value is -2.85. The molecule has 2 aliphatic rings. The second-order valence-corrected chi connectivity index (χ2v) is 7.72. The predicted molar refractivity (Wildman–Crippen MR) is 112 cm³/mol. The summed E-state index contributed by atoms with van der Waals surface area (Å²) in [4.78, 5) is 4.91. The molecule has 1 aliphatic carbocycles. The van der Waals surface area contributed by atoms with Gasteiger partial charge in [0.2, 0.25) is 0 Å². The first-order valence-electron chi connectivity index (χ1n) is 9.62. The van der Waals surface area contributed by atoms with E-state index in [0.29, 0.717) is 5.75 Å². The highest BCUT2D eigenvalue weighted by molar-refractivity contribution is 6.21. The van der Waals surface area contributed by atoms with Gasteiger partial charge in [-0.1, -0.05) is 30.8 Å². The molecular formula is C24H25NO3. The van der Waals surface area contributed by atoms with E-state index < -0.39 is 0 Å². The molecule has 2 aromatic carbocycles. The quantitative estimate of drug-likeness (QED) is 0.814. The van der Waals surface area contributed by atoms with Crippen molar-refractivity contribution in [1.29, 1.82) is 0 Å². The molecule has 0 radical (unpaired) electrons. The summed E-state index contributed by atoms with van der Waals surface area (Å²) < 4.78 is 11.8. The summed E-state index contributed by atoms with van der Waals surface area (Å²) in [7, 11) is 0. The topological polar surface area (TPSA) is 51.0 Å². The summed E-state index contributed by atoms with van der Waals surface area (Å²) in [6.07, 6.45) is 1.89. The zero-order chi connectivity index (χ0) is 19.7. The van der Waals surface area contributed by atoms with Gasteiger partial charge in [-0.15, -0.1) is 0 Å². The Morgan fingerprint density at radius 2 is 1.82 bits per heavy atom. The van der Waals surface area contributed by atoms with Gasteiger partial charge < -0.3 is 14.6 Å². The summed E-state index contributed by atoms with van der Waals surface area (Å²) in [5.74, 6) is 1.66. The van der Waals surface area contributed by atoms with Crippen molar-refractivity contribution in [3.63, 3.8) is 0 Å². The predicted octanol–water partition coefficient (Wildman–Crippen LogP) is 5.05. The van der Waals surface area contributed by atoms with Crippen molar-refractivity contribution < 1.29 is 14.6 Å². The molecule has 1 heterocycles. The SMILES string of the molecule is C=C1C(=Nc2ccc(OCCO)cc2)c2ccccc2C2=C1CCC(C)(C)O2. The smallest absolute Gasteiger partial charge is 0.131 e. The second kappa shape index (κ2) is 7.28. The molecule has 0 fully saturated rings. The van der Waals surface area contributed by atoms with Crippen LogP contribution in [0.3, 0.4) is 0 Å². The molecule has 1 aliphatic heterocycles. The van der Waals surface area contributed by atoms with Crippen LogP contribution >= 0.6 is 0 Å². The normalized spacial score (nSPS) is 19.1. The van der Waals surface area contributed by atoms with Gasteiger partial charge >= 0.3 is 0 Å². The molecule has 4 nitrogen and oxygen atoms in total. The van der Waals surface area contributed by atoms with Gasteiger partial charge in [0, 0.05) is 22.3 Å². The molecule has 0 spiro atoms. The fraction of sp³-hybridized carbons (Fsp3) is 0.292. The van der Waals surface area contributed by atoms with Gasteiger partial charge in [-0.3, -0.25) is 0 Å². The van der Waals surface area contributed by atoms with Crippen LogP contribution in [0.15, 0.2) is 71.2 Å². The summed E-state index contributed by atoms with van der Waals surface area (Å²) in [6, 6.07) is 15.8. The summed E-state index contributed by atoms with van der Waals surface area (Å²) in [5.41, 5.74) is 5.77. The maximum absolute atomic E-state index is 8.88. The van der Waals surface area contributed by atoms with E-state index in [1.54, 1.807) is 0 Å². The molecule has 0 saturated carbocycles. The van der Waals surface area contributed by atoms with E-state index in [4.69, 9.17) is 19.6 Å². The summed E-state index contributed by atoms with van der Waals surface area (Å²) in [5, 5.41) is 8.88. The Bertz CT molecular complexity index is 968. The monoisotopic (exact) mass is 375 g/mol. The Morgan fingerprint density at radius 3 is 2.54 bits per heavy atom. The van der Waals surface area contributed by atoms with Crippen molar-refractivity contribution in [1.82, 2.24) is 0 Å². The lowest BCUT2D eigenvalue weighted by molar-refractivity contribution is 0.0567. The molecule has 2 aromatic rings. The van der Waals surface area contributed by atoms with Crippen LogP contribution < -0.4 is 4.74 Å². The van der Waals surface area contributed by atoms with Crippen LogP contribution in [0.5, 0.6) is 5.75 Å². The average Bonchev–Trinajstić information content (AvgIpc) is 2.70. The number of allylic oxidation sites excluding steroid dienone is 2. The molecule has 144 valence electrons. The fourth-order valence-electron chi connectivity index (χ4n) is 3.66. The number of hydrogen-bond donors (Lipinski definition) is 1. The van der Waals surface area contributed by atoms with Gasteiger partial charge in [0.15, 0.2) is 0 Å². The third kappa shape index (κ3) is 3.48. The number of rotatable bonds is 4. The lowest BCUT2D eigenvalue weighted by atomic mass is 9.80. The molecule has 0 atom stereocenters. The number of fused-ring (bicyclic) bond motifs is 2. The Kier molecular flexibility index (Phi) is 4.82. The fourth-order valence-corrected chi connectivity index (χ4v) is 3.66. The number of nitrogens with zero attached hydrogens (tertiary/aromatic N) is 1. The zero-order valence-electron chi connectivity index (χ0n) is 16.4. The highest BCUT2D eigenvalue weighted by atomic mass is 16.5. The van der Waals surface area contributed by atoms with Crippen molar-refractivity contribution in [3.05, 3.63) is 77.4 Å². The van der Waals surface area contributed by atoms with Gasteiger partial charge in [-0.25, -0.2) is 4.99 Å². The number of aliphatic hydroxyl groups excluding tert-OH is 1. The van der Waals surface area contributed by atoms with Crippen molar-refractivity contribution in [3.8, 4) is 5.75 Å². The first-order chi connectivity index (χ1) is 13.5. The minimum atomic E-state index is -0.175. The number of aliphatic imine (C=N–C) groups is 1. The Morgan fingerprint density at radius 1 is 1.11 bits per heavy atom. The standard InChI is InChI=1S/C24H25NO3/c1-16-19-12-13-24(2,3)28-23(19)21-7-5-4-6-20(21)22(16)25-17-8-10-18(11-9-17)27-15-14-26/h4-11,26H,1,12-15H2,2-3H3. The minimum absolute atomic E-state index is 0.00299. The lowest BCUT2D eigenvalue weighted by Gasteiger charge is -2.38. The van der Waals surface area contributed by atoms with E-state index in [0.717, 1.165) is 52.3 Å². The molecule has 0 amide bonds. The zero-order valence-corrected chi connectivity index (χ0v) is 16.4. The van der Waals surface area contributed by atoms with E-state index in [9.17, 15) is 0 Å². The Balaban J connectivity index is 1.74. The second-order valence-electron chi connectivity index (χ2n) is 7.72. The number of benzene rings is 2. The molecule has 28 heavy (non-hydrogen) atoms. The third-order valence-corrected chi connectivity index (χ3v) is 5.14. The van der Waals surface area contributed by atoms with Crippen LogP contribution in [0.2, 0.25) is 0 Å². The van der Waals surface area contributed by atoms with E-state index in [-0.39, 0.29) is 18.8 Å². The highest BCUT2D eigenvalue weighted by Crippen LogP contribution is 2.44. The minimum Gasteiger partial charge on any atom is -0.491 e. The van der Waals surface area contributed by atoms with Crippen molar-refractivity contribution in [2.45, 2.75) is 32.3 Å². The van der Waals surface area contributed by atoms with Gasteiger partial charge in [0.1, 0.15) is 23.7 Å². The maximum atomic E-state index is 8.88. The molecule has 0 saturated heterocycles. The van der Waals surface area contributed by atoms with Gasteiger partial charge in [0.05, 0.1) is 18.0 Å². The largest absolute Gasteiger partial charge is 0.491 e.